The third kappa shape index (κ3) is 3.13. The van der Waals surface area contributed by atoms with Crippen molar-refractivity contribution < 1.29 is 18.0 Å². The van der Waals surface area contributed by atoms with Crippen LogP contribution in [0.15, 0.2) is 36.4 Å². The van der Waals surface area contributed by atoms with E-state index in [4.69, 9.17) is 21.6 Å². The van der Waals surface area contributed by atoms with Crippen molar-refractivity contribution >= 4 is 34.2 Å². The van der Waals surface area contributed by atoms with Crippen molar-refractivity contribution in [3.05, 3.63) is 63.9 Å². The van der Waals surface area contributed by atoms with Crippen LogP contribution in [0.5, 0.6) is 0 Å². The van der Waals surface area contributed by atoms with Crippen molar-refractivity contribution in [1.29, 1.82) is 0 Å². The average Bonchev–Trinajstić information content (AvgIpc) is 3.29. The number of halogens is 4. The lowest BCUT2D eigenvalue weighted by molar-refractivity contribution is -0.137. The Morgan fingerprint density at radius 1 is 1.00 bits per heavy atom. The Kier molecular flexibility index (Phi) is 4.07. The van der Waals surface area contributed by atoms with E-state index >= 15 is 0 Å². The van der Waals surface area contributed by atoms with Crippen molar-refractivity contribution in [2.75, 3.05) is 5.32 Å². The number of benzene rings is 2. The van der Waals surface area contributed by atoms with Gasteiger partial charge in [-0.1, -0.05) is 11.6 Å². The minimum atomic E-state index is -4.53. The van der Waals surface area contributed by atoms with E-state index in [1.54, 1.807) is 18.2 Å². The van der Waals surface area contributed by atoms with Crippen LogP contribution in [-0.2, 0) is 6.18 Å². The fourth-order valence-electron chi connectivity index (χ4n) is 4.29. The molecule has 1 saturated carbocycles. The molecule has 2 aliphatic rings. The molecule has 1 fully saturated rings. The highest BCUT2D eigenvalue weighted by atomic mass is 35.5. The number of nitrogens with zero attached hydrogens (tertiary/aromatic N) is 2. The predicted octanol–water partition coefficient (Wildman–Crippen LogP) is 5.92. The van der Waals surface area contributed by atoms with Gasteiger partial charge in [-0.25, -0.2) is 9.97 Å². The number of hydrogen-bond acceptors (Lipinski definition) is 3. The van der Waals surface area contributed by atoms with Crippen LogP contribution in [0, 0.1) is 0 Å². The van der Waals surface area contributed by atoms with E-state index in [0.717, 1.165) is 48.8 Å². The second-order valence-corrected chi connectivity index (χ2v) is 7.96. The second kappa shape index (κ2) is 6.42. The van der Waals surface area contributed by atoms with Crippen LogP contribution in [0.4, 0.5) is 18.9 Å². The maximum atomic E-state index is 12.9. The molecule has 3 aromatic rings. The van der Waals surface area contributed by atoms with Crippen LogP contribution < -0.4 is 5.32 Å². The van der Waals surface area contributed by atoms with Crippen molar-refractivity contribution in [3.63, 3.8) is 0 Å². The van der Waals surface area contributed by atoms with E-state index in [9.17, 15) is 18.0 Å². The number of carbonyl (C=O) groups is 1. The van der Waals surface area contributed by atoms with E-state index < -0.39 is 17.6 Å². The lowest BCUT2D eigenvalue weighted by atomic mass is 10.00. The Labute approximate surface area is 169 Å². The van der Waals surface area contributed by atoms with E-state index in [1.807, 2.05) is 0 Å². The Bertz CT molecular complexity index is 1160. The summed E-state index contributed by atoms with van der Waals surface area (Å²) in [7, 11) is 0. The lowest BCUT2D eigenvalue weighted by Gasteiger charge is -2.14. The number of rotatable bonds is 2. The first-order valence-corrected chi connectivity index (χ1v) is 9.67. The summed E-state index contributed by atoms with van der Waals surface area (Å²) in [4.78, 5) is 22.1. The number of nitrogens with one attached hydrogen (secondary N) is 1. The highest BCUT2D eigenvalue weighted by Gasteiger charge is 2.39. The smallest absolute Gasteiger partial charge is 0.321 e. The average molecular weight is 418 g/mol. The largest absolute Gasteiger partial charge is 0.416 e. The third-order valence-corrected chi connectivity index (χ3v) is 6.06. The Morgan fingerprint density at radius 3 is 2.38 bits per heavy atom. The molecule has 2 bridgehead atoms. The zero-order valence-electron chi connectivity index (χ0n) is 15.1. The molecule has 2 aromatic carbocycles. The van der Waals surface area contributed by atoms with Crippen LogP contribution in [-0.4, -0.2) is 15.9 Å². The van der Waals surface area contributed by atoms with Gasteiger partial charge in [0.15, 0.2) is 0 Å². The zero-order valence-corrected chi connectivity index (χ0v) is 15.8. The predicted molar refractivity (Wildman–Crippen MR) is 103 cm³/mol. The minimum absolute atomic E-state index is 0.0285. The standard InChI is InChI=1S/C21H15ClF3N3O/c22-14-5-4-13(21(23,24)25)9-16(14)28-20(29)12-3-6-15-17(8-12)27-19-11-2-1-10(7-11)18(19)26-15/h3-6,8-11H,1-2,7H2,(H,28,29). The summed E-state index contributed by atoms with van der Waals surface area (Å²) >= 11 is 5.97. The maximum Gasteiger partial charge on any atom is 0.416 e. The topological polar surface area (TPSA) is 54.9 Å². The minimum Gasteiger partial charge on any atom is -0.321 e. The normalized spacial score (nSPS) is 20.1. The molecule has 1 amide bonds. The molecule has 148 valence electrons. The van der Waals surface area contributed by atoms with Gasteiger partial charge in [0.25, 0.3) is 5.91 Å². The fourth-order valence-corrected chi connectivity index (χ4v) is 4.46. The summed E-state index contributed by atoms with van der Waals surface area (Å²) in [5.41, 5.74) is 2.72. The molecule has 2 aliphatic carbocycles. The molecule has 5 rings (SSSR count). The molecule has 1 N–H and O–H groups in total. The van der Waals surface area contributed by atoms with Gasteiger partial charge >= 0.3 is 6.18 Å². The van der Waals surface area contributed by atoms with Gasteiger partial charge in [0.2, 0.25) is 0 Å². The number of fused-ring (bicyclic) bond motifs is 6. The molecule has 1 aromatic heterocycles. The van der Waals surface area contributed by atoms with Gasteiger partial charge < -0.3 is 5.32 Å². The van der Waals surface area contributed by atoms with E-state index in [-0.39, 0.29) is 16.3 Å². The van der Waals surface area contributed by atoms with E-state index in [1.165, 1.54) is 0 Å². The molecule has 29 heavy (non-hydrogen) atoms. The molecule has 0 saturated heterocycles. The molecule has 2 unspecified atom stereocenters. The summed E-state index contributed by atoms with van der Waals surface area (Å²) in [5, 5.41) is 2.49. The zero-order chi connectivity index (χ0) is 20.3. The summed E-state index contributed by atoms with van der Waals surface area (Å²) in [5.74, 6) is 0.364. The first-order valence-electron chi connectivity index (χ1n) is 9.29. The third-order valence-electron chi connectivity index (χ3n) is 5.73. The Hall–Kier alpha value is -2.67. The number of carbonyl (C=O) groups excluding carboxylic acids is 1. The summed E-state index contributed by atoms with van der Waals surface area (Å²) < 4.78 is 38.8. The molecular weight excluding hydrogens is 403 g/mol. The van der Waals surface area contributed by atoms with Gasteiger partial charge in [-0.2, -0.15) is 13.2 Å². The highest BCUT2D eigenvalue weighted by Crippen LogP contribution is 2.51. The molecule has 8 heteroatoms. The first kappa shape index (κ1) is 18.4. The number of alkyl halides is 3. The molecule has 2 atom stereocenters. The van der Waals surface area contributed by atoms with Gasteiger partial charge in [-0.3, -0.25) is 4.79 Å². The number of amides is 1. The Morgan fingerprint density at radius 2 is 1.69 bits per heavy atom. The maximum absolute atomic E-state index is 12.9. The highest BCUT2D eigenvalue weighted by molar-refractivity contribution is 6.34. The number of anilines is 1. The van der Waals surface area contributed by atoms with Crippen LogP contribution >= 0.6 is 11.6 Å². The van der Waals surface area contributed by atoms with Gasteiger partial charge in [-0.05, 0) is 55.7 Å². The van der Waals surface area contributed by atoms with Crippen molar-refractivity contribution in [2.24, 2.45) is 0 Å². The monoisotopic (exact) mass is 417 g/mol. The number of aromatic nitrogens is 2. The van der Waals surface area contributed by atoms with Gasteiger partial charge in [0, 0.05) is 17.4 Å². The first-order chi connectivity index (χ1) is 13.8. The van der Waals surface area contributed by atoms with Crippen LogP contribution in [0.1, 0.15) is 58.4 Å². The van der Waals surface area contributed by atoms with E-state index in [2.05, 4.69) is 5.32 Å². The fraction of sp³-hybridized carbons (Fsp3) is 0.286. The second-order valence-electron chi connectivity index (χ2n) is 7.55. The van der Waals surface area contributed by atoms with E-state index in [0.29, 0.717) is 22.9 Å². The Balaban J connectivity index is 1.46. The molecule has 0 radical (unpaired) electrons. The molecule has 0 aliphatic heterocycles. The summed E-state index contributed by atoms with van der Waals surface area (Å²) in [6, 6.07) is 7.74. The molecular formula is C21H15ClF3N3O. The molecule has 4 nitrogen and oxygen atoms in total. The lowest BCUT2D eigenvalue weighted by Crippen LogP contribution is -2.14. The van der Waals surface area contributed by atoms with Crippen molar-refractivity contribution in [2.45, 2.75) is 37.3 Å². The molecule has 1 heterocycles. The van der Waals surface area contributed by atoms with Gasteiger partial charge in [0.1, 0.15) is 0 Å². The van der Waals surface area contributed by atoms with Crippen molar-refractivity contribution in [1.82, 2.24) is 9.97 Å². The summed E-state index contributed by atoms with van der Waals surface area (Å²) in [6.07, 6.45) is -1.17. The van der Waals surface area contributed by atoms with Crippen LogP contribution in [0.3, 0.4) is 0 Å². The van der Waals surface area contributed by atoms with Crippen LogP contribution in [0.25, 0.3) is 11.0 Å². The SMILES string of the molecule is O=C(Nc1cc(C(F)(F)F)ccc1Cl)c1ccc2nc3c(nc2c1)C1CCC3C1. The molecule has 0 spiro atoms. The van der Waals surface area contributed by atoms with Crippen molar-refractivity contribution in [3.8, 4) is 0 Å². The van der Waals surface area contributed by atoms with Gasteiger partial charge in [0.05, 0.1) is 38.7 Å². The summed E-state index contributed by atoms with van der Waals surface area (Å²) in [6.45, 7) is 0. The van der Waals surface area contributed by atoms with Gasteiger partial charge in [-0.15, -0.1) is 0 Å². The number of hydrogen-bond donors (Lipinski definition) is 1. The van der Waals surface area contributed by atoms with Crippen LogP contribution in [0.2, 0.25) is 5.02 Å². The quantitative estimate of drug-likeness (QED) is 0.563.